The summed E-state index contributed by atoms with van der Waals surface area (Å²) < 4.78 is 0. The minimum Gasteiger partial charge on any atom is -0.329 e. The van der Waals surface area contributed by atoms with Crippen molar-refractivity contribution in [1.82, 2.24) is 15.2 Å². The first-order chi connectivity index (χ1) is 6.13. The summed E-state index contributed by atoms with van der Waals surface area (Å²) in [5, 5.41) is 7.20. The predicted octanol–water partition coefficient (Wildman–Crippen LogP) is 0.918. The second kappa shape index (κ2) is 2.80. The fraction of sp³-hybridized carbons (Fsp3) is 0.778. The Morgan fingerprint density at radius 1 is 1.54 bits per heavy atom. The van der Waals surface area contributed by atoms with E-state index in [1.807, 2.05) is 0 Å². The van der Waals surface area contributed by atoms with Crippen LogP contribution in [0.4, 0.5) is 0 Å². The lowest BCUT2D eigenvalue weighted by Crippen LogP contribution is -2.29. The molecule has 13 heavy (non-hydrogen) atoms. The van der Waals surface area contributed by atoms with Crippen molar-refractivity contribution in [1.29, 1.82) is 0 Å². The summed E-state index contributed by atoms with van der Waals surface area (Å²) in [5.41, 5.74) is 5.54. The maximum atomic E-state index is 5.65. The van der Waals surface area contributed by atoms with Crippen LogP contribution < -0.4 is 5.73 Å². The van der Waals surface area contributed by atoms with Crippen molar-refractivity contribution in [3.63, 3.8) is 0 Å². The Morgan fingerprint density at radius 3 is 2.77 bits per heavy atom. The number of rotatable bonds is 3. The van der Waals surface area contributed by atoms with Gasteiger partial charge in [0.1, 0.15) is 5.82 Å². The third kappa shape index (κ3) is 1.58. The molecule has 0 aromatic carbocycles. The van der Waals surface area contributed by atoms with Gasteiger partial charge in [-0.15, -0.1) is 0 Å². The zero-order chi connectivity index (χ0) is 9.47. The van der Waals surface area contributed by atoms with Crippen molar-refractivity contribution < 1.29 is 0 Å². The lowest BCUT2D eigenvalue weighted by molar-refractivity contribution is 0.504. The number of nitrogens with zero attached hydrogens (tertiary/aromatic N) is 2. The van der Waals surface area contributed by atoms with E-state index in [4.69, 9.17) is 5.73 Å². The summed E-state index contributed by atoms with van der Waals surface area (Å²) in [7, 11) is 0. The third-order valence-corrected chi connectivity index (χ3v) is 2.58. The topological polar surface area (TPSA) is 67.6 Å². The molecular formula is C9H16N4. The molecule has 1 aromatic heterocycles. The molecule has 3 N–H and O–H groups in total. The number of hydrogen-bond acceptors (Lipinski definition) is 3. The Kier molecular flexibility index (Phi) is 1.87. The first-order valence-electron chi connectivity index (χ1n) is 4.76. The van der Waals surface area contributed by atoms with E-state index in [-0.39, 0.29) is 5.41 Å². The van der Waals surface area contributed by atoms with Crippen LogP contribution in [0.15, 0.2) is 0 Å². The Balaban J connectivity index is 2.20. The van der Waals surface area contributed by atoms with Crippen LogP contribution in [0, 0.1) is 0 Å². The highest BCUT2D eigenvalue weighted by Crippen LogP contribution is 2.38. The largest absolute Gasteiger partial charge is 0.329 e. The van der Waals surface area contributed by atoms with Gasteiger partial charge in [-0.1, -0.05) is 13.8 Å². The van der Waals surface area contributed by atoms with Crippen molar-refractivity contribution >= 4 is 0 Å². The van der Waals surface area contributed by atoms with E-state index in [1.54, 1.807) is 0 Å². The van der Waals surface area contributed by atoms with Gasteiger partial charge in [-0.05, 0) is 12.8 Å². The van der Waals surface area contributed by atoms with E-state index in [2.05, 4.69) is 29.0 Å². The van der Waals surface area contributed by atoms with Gasteiger partial charge < -0.3 is 5.73 Å². The van der Waals surface area contributed by atoms with Crippen LogP contribution >= 0.6 is 0 Å². The average Bonchev–Trinajstić information content (AvgIpc) is 2.83. The van der Waals surface area contributed by atoms with Gasteiger partial charge >= 0.3 is 0 Å². The molecule has 0 bridgehead atoms. The molecule has 0 aliphatic heterocycles. The van der Waals surface area contributed by atoms with E-state index in [0.29, 0.717) is 12.5 Å². The van der Waals surface area contributed by atoms with E-state index < -0.39 is 0 Å². The van der Waals surface area contributed by atoms with Gasteiger partial charge in [-0.25, -0.2) is 4.98 Å². The molecule has 1 heterocycles. The molecule has 0 radical (unpaired) electrons. The van der Waals surface area contributed by atoms with E-state index >= 15 is 0 Å². The van der Waals surface area contributed by atoms with Crippen molar-refractivity contribution in [3.05, 3.63) is 11.6 Å². The van der Waals surface area contributed by atoms with Gasteiger partial charge in [-0.2, -0.15) is 5.10 Å². The molecule has 1 fully saturated rings. The molecular weight excluding hydrogens is 164 g/mol. The van der Waals surface area contributed by atoms with Gasteiger partial charge in [0.25, 0.3) is 0 Å². The van der Waals surface area contributed by atoms with Crippen molar-refractivity contribution in [2.45, 2.75) is 38.0 Å². The fourth-order valence-corrected chi connectivity index (χ4v) is 1.21. The van der Waals surface area contributed by atoms with Crippen LogP contribution in [-0.2, 0) is 5.41 Å². The summed E-state index contributed by atoms with van der Waals surface area (Å²) >= 11 is 0. The first kappa shape index (κ1) is 8.69. The first-order valence-corrected chi connectivity index (χ1v) is 4.76. The van der Waals surface area contributed by atoms with Gasteiger partial charge in [-0.3, -0.25) is 5.10 Å². The monoisotopic (exact) mass is 180 g/mol. The molecule has 2 rings (SSSR count). The lowest BCUT2D eigenvalue weighted by atomic mass is 9.93. The minimum absolute atomic E-state index is 0.108. The van der Waals surface area contributed by atoms with Crippen LogP contribution in [0.3, 0.4) is 0 Å². The van der Waals surface area contributed by atoms with Crippen LogP contribution in [0.2, 0.25) is 0 Å². The second-order valence-electron chi connectivity index (χ2n) is 4.41. The second-order valence-corrected chi connectivity index (χ2v) is 4.41. The Morgan fingerprint density at radius 2 is 2.23 bits per heavy atom. The van der Waals surface area contributed by atoms with E-state index in [9.17, 15) is 0 Å². The molecule has 0 amide bonds. The Hall–Kier alpha value is -0.900. The lowest BCUT2D eigenvalue weighted by Gasteiger charge is -2.17. The highest BCUT2D eigenvalue weighted by Gasteiger charge is 2.30. The summed E-state index contributed by atoms with van der Waals surface area (Å²) in [6.45, 7) is 4.70. The van der Waals surface area contributed by atoms with Gasteiger partial charge in [0.05, 0.1) is 0 Å². The quantitative estimate of drug-likeness (QED) is 0.726. The molecule has 1 aliphatic rings. The maximum absolute atomic E-state index is 5.65. The summed E-state index contributed by atoms with van der Waals surface area (Å²) in [6.07, 6.45) is 2.50. The standard InChI is InChI=1S/C9H16N4/c1-9(2,5-10)8-11-7(12-13-8)6-3-4-6/h6H,3-5,10H2,1-2H3,(H,11,12,13). The maximum Gasteiger partial charge on any atom is 0.157 e. The summed E-state index contributed by atoms with van der Waals surface area (Å²) in [4.78, 5) is 4.47. The van der Waals surface area contributed by atoms with Crippen LogP contribution in [-0.4, -0.2) is 21.7 Å². The number of hydrogen-bond donors (Lipinski definition) is 2. The zero-order valence-electron chi connectivity index (χ0n) is 8.17. The normalized spacial score (nSPS) is 17.8. The van der Waals surface area contributed by atoms with Gasteiger partial charge in [0.2, 0.25) is 0 Å². The van der Waals surface area contributed by atoms with Crippen LogP contribution in [0.1, 0.15) is 44.3 Å². The molecule has 72 valence electrons. The highest BCUT2D eigenvalue weighted by molar-refractivity contribution is 5.10. The van der Waals surface area contributed by atoms with Crippen molar-refractivity contribution in [3.8, 4) is 0 Å². The van der Waals surface area contributed by atoms with E-state index in [0.717, 1.165) is 11.6 Å². The van der Waals surface area contributed by atoms with Crippen LogP contribution in [0.25, 0.3) is 0 Å². The zero-order valence-corrected chi connectivity index (χ0v) is 8.17. The van der Waals surface area contributed by atoms with Crippen molar-refractivity contribution in [2.24, 2.45) is 5.73 Å². The molecule has 0 atom stereocenters. The third-order valence-electron chi connectivity index (χ3n) is 2.58. The van der Waals surface area contributed by atoms with Crippen LogP contribution in [0.5, 0.6) is 0 Å². The SMILES string of the molecule is CC(C)(CN)c1n[nH]c(C2CC2)n1. The Labute approximate surface area is 77.9 Å². The number of nitrogens with two attached hydrogens (primary N) is 1. The number of H-pyrrole nitrogens is 1. The average molecular weight is 180 g/mol. The molecule has 0 saturated heterocycles. The molecule has 1 saturated carbocycles. The number of nitrogens with one attached hydrogen (secondary N) is 1. The fourth-order valence-electron chi connectivity index (χ4n) is 1.21. The highest BCUT2D eigenvalue weighted by atomic mass is 15.2. The molecule has 0 unspecified atom stereocenters. The number of aromatic amines is 1. The predicted molar refractivity (Wildman–Crippen MR) is 50.4 cm³/mol. The van der Waals surface area contributed by atoms with Gasteiger partial charge in [0.15, 0.2) is 5.82 Å². The van der Waals surface area contributed by atoms with E-state index in [1.165, 1.54) is 12.8 Å². The molecule has 4 heteroatoms. The van der Waals surface area contributed by atoms with Gasteiger partial charge in [0, 0.05) is 17.9 Å². The molecule has 1 aliphatic carbocycles. The molecule has 4 nitrogen and oxygen atoms in total. The van der Waals surface area contributed by atoms with Crippen molar-refractivity contribution in [2.75, 3.05) is 6.54 Å². The summed E-state index contributed by atoms with van der Waals surface area (Å²) in [6, 6.07) is 0. The summed E-state index contributed by atoms with van der Waals surface area (Å²) in [5.74, 6) is 2.52. The number of aromatic nitrogens is 3. The molecule has 0 spiro atoms. The Bertz CT molecular complexity index is 298. The minimum atomic E-state index is -0.108. The molecule has 1 aromatic rings. The smallest absolute Gasteiger partial charge is 0.157 e.